The molecule has 2 rings (SSSR count). The largest absolute Gasteiger partial charge is 0.481 e. The smallest absolute Gasteiger partial charge is 0.305 e. The number of carboxylic acid groups (broad SMARTS) is 1. The van der Waals surface area contributed by atoms with Crippen LogP contribution in [0, 0.1) is 5.41 Å². The summed E-state index contributed by atoms with van der Waals surface area (Å²) in [6.45, 7) is 2.00. The number of carbonyl (C=O) groups excluding carboxylic acids is 1. The summed E-state index contributed by atoms with van der Waals surface area (Å²) in [6, 6.07) is 0. The van der Waals surface area contributed by atoms with Gasteiger partial charge in [-0.3, -0.25) is 9.59 Å². The minimum atomic E-state index is -0.818. The first-order valence-electron chi connectivity index (χ1n) is 6.50. The van der Waals surface area contributed by atoms with Gasteiger partial charge in [0, 0.05) is 5.41 Å². The molecular formula is C13H21NO3. The average Bonchev–Trinajstić information content (AvgIpc) is 2.62. The normalized spacial score (nSPS) is 25.0. The Morgan fingerprint density at radius 3 is 2.12 bits per heavy atom. The highest BCUT2D eigenvalue weighted by Gasteiger charge is 2.45. The third-order valence-corrected chi connectivity index (χ3v) is 4.43. The van der Waals surface area contributed by atoms with E-state index >= 15 is 0 Å². The van der Waals surface area contributed by atoms with Gasteiger partial charge in [0.25, 0.3) is 0 Å². The van der Waals surface area contributed by atoms with Crippen LogP contribution in [0.5, 0.6) is 0 Å². The molecule has 0 unspecified atom stereocenters. The Morgan fingerprint density at radius 2 is 1.71 bits per heavy atom. The van der Waals surface area contributed by atoms with Crippen molar-refractivity contribution in [3.8, 4) is 0 Å². The minimum absolute atomic E-state index is 0.0643. The maximum Gasteiger partial charge on any atom is 0.305 e. The molecule has 0 atom stereocenters. The lowest BCUT2D eigenvalue weighted by Gasteiger charge is -2.43. The van der Waals surface area contributed by atoms with Crippen LogP contribution < -0.4 is 5.32 Å². The van der Waals surface area contributed by atoms with E-state index in [4.69, 9.17) is 5.11 Å². The monoisotopic (exact) mass is 239 g/mol. The average molecular weight is 239 g/mol. The molecule has 0 bridgehead atoms. The third-order valence-electron chi connectivity index (χ3n) is 4.43. The predicted octanol–water partition coefficient (Wildman–Crippen LogP) is 2.08. The first-order chi connectivity index (χ1) is 7.96. The molecular weight excluding hydrogens is 218 g/mol. The van der Waals surface area contributed by atoms with E-state index in [1.165, 1.54) is 0 Å². The summed E-state index contributed by atoms with van der Waals surface area (Å²) in [4.78, 5) is 23.1. The Kier molecular flexibility index (Phi) is 3.15. The maximum atomic E-state index is 12.3. The van der Waals surface area contributed by atoms with Gasteiger partial charge in [0.15, 0.2) is 0 Å². The Morgan fingerprint density at radius 1 is 1.12 bits per heavy atom. The summed E-state index contributed by atoms with van der Waals surface area (Å²) in [5.74, 6) is -0.752. The van der Waals surface area contributed by atoms with Crippen molar-refractivity contribution in [1.82, 2.24) is 5.32 Å². The first-order valence-corrected chi connectivity index (χ1v) is 6.50. The summed E-state index contributed by atoms with van der Waals surface area (Å²) >= 11 is 0. The van der Waals surface area contributed by atoms with Crippen LogP contribution >= 0.6 is 0 Å². The van der Waals surface area contributed by atoms with E-state index < -0.39 is 11.5 Å². The highest BCUT2D eigenvalue weighted by molar-refractivity contribution is 5.84. The minimum Gasteiger partial charge on any atom is -0.481 e. The van der Waals surface area contributed by atoms with Crippen molar-refractivity contribution in [3.05, 3.63) is 0 Å². The fourth-order valence-electron chi connectivity index (χ4n) is 3.01. The number of carboxylic acids is 1. The van der Waals surface area contributed by atoms with Crippen molar-refractivity contribution in [3.63, 3.8) is 0 Å². The lowest BCUT2D eigenvalue weighted by atomic mass is 9.73. The van der Waals surface area contributed by atoms with Crippen LogP contribution in [-0.4, -0.2) is 22.5 Å². The lowest BCUT2D eigenvalue weighted by molar-refractivity contribution is -0.141. The highest BCUT2D eigenvalue weighted by Crippen LogP contribution is 2.41. The topological polar surface area (TPSA) is 66.4 Å². The molecule has 0 spiro atoms. The molecule has 4 nitrogen and oxygen atoms in total. The van der Waals surface area contributed by atoms with E-state index in [1.807, 2.05) is 6.92 Å². The van der Waals surface area contributed by atoms with Gasteiger partial charge in [0.2, 0.25) is 5.91 Å². The summed E-state index contributed by atoms with van der Waals surface area (Å²) in [7, 11) is 0. The summed E-state index contributed by atoms with van der Waals surface area (Å²) < 4.78 is 0. The summed E-state index contributed by atoms with van der Waals surface area (Å²) in [5.41, 5.74) is -0.713. The van der Waals surface area contributed by atoms with E-state index in [1.54, 1.807) is 0 Å². The van der Waals surface area contributed by atoms with E-state index in [2.05, 4.69) is 5.32 Å². The van der Waals surface area contributed by atoms with Gasteiger partial charge in [-0.1, -0.05) is 19.8 Å². The zero-order valence-electron chi connectivity index (χ0n) is 10.4. The number of hydrogen-bond donors (Lipinski definition) is 2. The van der Waals surface area contributed by atoms with Crippen LogP contribution in [-0.2, 0) is 9.59 Å². The van der Waals surface area contributed by atoms with Crippen molar-refractivity contribution in [2.24, 2.45) is 5.41 Å². The lowest BCUT2D eigenvalue weighted by Crippen LogP contribution is -2.57. The molecule has 2 fully saturated rings. The Balaban J connectivity index is 1.99. The Labute approximate surface area is 102 Å². The molecule has 2 N–H and O–H groups in total. The number of rotatable bonds is 4. The summed E-state index contributed by atoms with van der Waals surface area (Å²) in [5, 5.41) is 11.9. The molecule has 2 aliphatic carbocycles. The van der Waals surface area contributed by atoms with Gasteiger partial charge in [-0.15, -0.1) is 0 Å². The fourth-order valence-corrected chi connectivity index (χ4v) is 3.01. The number of carbonyl (C=O) groups is 2. The highest BCUT2D eigenvalue weighted by atomic mass is 16.4. The van der Waals surface area contributed by atoms with Gasteiger partial charge in [-0.2, -0.15) is 0 Å². The molecule has 0 aromatic heterocycles. The van der Waals surface area contributed by atoms with Crippen molar-refractivity contribution < 1.29 is 14.7 Å². The standard InChI is InChI=1S/C13H21NO3/c1-12(5-2-3-6-12)11(17)14-13(7-4-8-13)9-10(15)16/h2-9H2,1H3,(H,14,17)(H,15,16). The molecule has 0 aromatic rings. The number of aliphatic carboxylic acids is 1. The van der Waals surface area contributed by atoms with Crippen LogP contribution in [0.4, 0.5) is 0 Å². The van der Waals surface area contributed by atoms with Crippen LogP contribution in [0.15, 0.2) is 0 Å². The van der Waals surface area contributed by atoms with Gasteiger partial charge in [0.05, 0.1) is 12.0 Å². The van der Waals surface area contributed by atoms with E-state index in [-0.39, 0.29) is 17.7 Å². The van der Waals surface area contributed by atoms with E-state index in [9.17, 15) is 9.59 Å². The Hall–Kier alpha value is -1.06. The number of hydrogen-bond acceptors (Lipinski definition) is 2. The molecule has 0 saturated heterocycles. The second-order valence-corrected chi connectivity index (χ2v) is 5.93. The second-order valence-electron chi connectivity index (χ2n) is 5.93. The molecule has 17 heavy (non-hydrogen) atoms. The molecule has 4 heteroatoms. The van der Waals surface area contributed by atoms with Crippen LogP contribution in [0.2, 0.25) is 0 Å². The molecule has 1 amide bonds. The fraction of sp³-hybridized carbons (Fsp3) is 0.846. The molecule has 0 aliphatic heterocycles. The van der Waals surface area contributed by atoms with Crippen LogP contribution in [0.1, 0.15) is 58.3 Å². The van der Waals surface area contributed by atoms with Crippen molar-refractivity contribution >= 4 is 11.9 Å². The number of amides is 1. The SMILES string of the molecule is CC1(C(=O)NC2(CC(=O)O)CCC2)CCCC1. The maximum absolute atomic E-state index is 12.3. The second kappa shape index (κ2) is 4.31. The first kappa shape index (κ1) is 12.4. The molecule has 0 radical (unpaired) electrons. The van der Waals surface area contributed by atoms with Gasteiger partial charge in [-0.25, -0.2) is 0 Å². The van der Waals surface area contributed by atoms with Crippen molar-refractivity contribution in [2.75, 3.05) is 0 Å². The van der Waals surface area contributed by atoms with Crippen LogP contribution in [0.3, 0.4) is 0 Å². The van der Waals surface area contributed by atoms with Gasteiger partial charge < -0.3 is 10.4 Å². The van der Waals surface area contributed by atoms with Gasteiger partial charge in [-0.05, 0) is 32.1 Å². The zero-order valence-corrected chi connectivity index (χ0v) is 10.4. The molecule has 96 valence electrons. The molecule has 2 saturated carbocycles. The molecule has 0 aromatic carbocycles. The van der Waals surface area contributed by atoms with E-state index in [0.717, 1.165) is 44.9 Å². The third kappa shape index (κ3) is 2.45. The van der Waals surface area contributed by atoms with Gasteiger partial charge >= 0.3 is 5.97 Å². The Bertz CT molecular complexity index is 328. The van der Waals surface area contributed by atoms with Crippen molar-refractivity contribution in [1.29, 1.82) is 0 Å². The van der Waals surface area contributed by atoms with E-state index in [0.29, 0.717) is 0 Å². The van der Waals surface area contributed by atoms with Crippen LogP contribution in [0.25, 0.3) is 0 Å². The summed E-state index contributed by atoms with van der Waals surface area (Å²) in [6.07, 6.45) is 6.77. The molecule has 0 heterocycles. The van der Waals surface area contributed by atoms with Gasteiger partial charge in [0.1, 0.15) is 0 Å². The molecule has 2 aliphatic rings. The predicted molar refractivity (Wildman–Crippen MR) is 63.6 cm³/mol. The number of nitrogens with one attached hydrogen (secondary N) is 1. The van der Waals surface area contributed by atoms with Crippen molar-refractivity contribution in [2.45, 2.75) is 63.8 Å². The quantitative estimate of drug-likeness (QED) is 0.789. The zero-order chi connectivity index (χ0) is 12.5.